The van der Waals surface area contributed by atoms with Gasteiger partial charge in [0.05, 0.1) is 9.79 Å². The van der Waals surface area contributed by atoms with Crippen molar-refractivity contribution in [2.24, 2.45) is 5.14 Å². The Hall–Kier alpha value is -1.17. The summed E-state index contributed by atoms with van der Waals surface area (Å²) in [6.07, 6.45) is -5.83. The second-order valence-electron chi connectivity index (χ2n) is 4.13. The van der Waals surface area contributed by atoms with Crippen molar-refractivity contribution in [1.29, 1.82) is 0 Å². The standard InChI is InChI=1S/C10H13F3N2O4S2/c11-10(12,13)6-1-7-15-21(18,19)9-4-2-8(3-5-9)20(14,16)17/h2-5,15H,1,6-7H2,(H2,14,16,17). The molecule has 6 nitrogen and oxygen atoms in total. The summed E-state index contributed by atoms with van der Waals surface area (Å²) in [7, 11) is -7.94. The molecule has 0 saturated heterocycles. The van der Waals surface area contributed by atoms with Gasteiger partial charge in [0.2, 0.25) is 20.0 Å². The monoisotopic (exact) mass is 346 g/mol. The van der Waals surface area contributed by atoms with Crippen molar-refractivity contribution in [2.45, 2.75) is 28.8 Å². The number of halogens is 3. The summed E-state index contributed by atoms with van der Waals surface area (Å²) in [6, 6.07) is 4.01. The molecule has 0 aliphatic carbocycles. The van der Waals surface area contributed by atoms with Crippen LogP contribution in [0.5, 0.6) is 0 Å². The number of sulfonamides is 2. The lowest BCUT2D eigenvalue weighted by atomic mass is 10.3. The van der Waals surface area contributed by atoms with E-state index in [2.05, 4.69) is 0 Å². The molecule has 11 heteroatoms. The van der Waals surface area contributed by atoms with Gasteiger partial charge in [0, 0.05) is 13.0 Å². The summed E-state index contributed by atoms with van der Waals surface area (Å²) in [5.41, 5.74) is 0. The average molecular weight is 346 g/mol. The van der Waals surface area contributed by atoms with Crippen LogP contribution in [0.2, 0.25) is 0 Å². The Kier molecular flexibility index (Phi) is 5.36. The second kappa shape index (κ2) is 6.30. The van der Waals surface area contributed by atoms with Crippen molar-refractivity contribution in [3.05, 3.63) is 24.3 Å². The lowest BCUT2D eigenvalue weighted by Crippen LogP contribution is -2.26. The highest BCUT2D eigenvalue weighted by molar-refractivity contribution is 7.89. The first-order valence-corrected chi connectivity index (χ1v) is 8.64. The average Bonchev–Trinajstić information content (AvgIpc) is 2.33. The third-order valence-corrected chi connectivity index (χ3v) is 4.80. The molecule has 0 heterocycles. The first kappa shape index (κ1) is 17.9. The first-order valence-electron chi connectivity index (χ1n) is 5.61. The third-order valence-electron chi connectivity index (χ3n) is 2.39. The van der Waals surface area contributed by atoms with Gasteiger partial charge < -0.3 is 0 Å². The lowest BCUT2D eigenvalue weighted by molar-refractivity contribution is -0.135. The molecule has 3 N–H and O–H groups in total. The quantitative estimate of drug-likeness (QED) is 0.748. The maximum atomic E-state index is 11.9. The van der Waals surface area contributed by atoms with Gasteiger partial charge in [-0.1, -0.05) is 0 Å². The van der Waals surface area contributed by atoms with Gasteiger partial charge in [-0.3, -0.25) is 0 Å². The molecular formula is C10H13F3N2O4S2. The molecular weight excluding hydrogens is 333 g/mol. The summed E-state index contributed by atoms with van der Waals surface area (Å²) in [5, 5.41) is 4.86. The number of nitrogens with one attached hydrogen (secondary N) is 1. The predicted molar refractivity (Wildman–Crippen MR) is 68.3 cm³/mol. The molecule has 21 heavy (non-hydrogen) atoms. The van der Waals surface area contributed by atoms with E-state index in [1.807, 2.05) is 4.72 Å². The van der Waals surface area contributed by atoms with Crippen LogP contribution in [0.15, 0.2) is 34.1 Å². The molecule has 120 valence electrons. The van der Waals surface area contributed by atoms with E-state index in [9.17, 15) is 30.0 Å². The van der Waals surface area contributed by atoms with Crippen LogP contribution in [0.3, 0.4) is 0 Å². The molecule has 0 unspecified atom stereocenters. The number of hydrogen-bond acceptors (Lipinski definition) is 4. The lowest BCUT2D eigenvalue weighted by Gasteiger charge is -2.08. The Balaban J connectivity index is 2.71. The maximum Gasteiger partial charge on any atom is 0.389 e. The van der Waals surface area contributed by atoms with Crippen molar-refractivity contribution < 1.29 is 30.0 Å². The zero-order valence-electron chi connectivity index (χ0n) is 10.6. The van der Waals surface area contributed by atoms with Crippen LogP contribution in [-0.2, 0) is 20.0 Å². The number of nitrogens with two attached hydrogens (primary N) is 1. The van der Waals surface area contributed by atoms with Crippen molar-refractivity contribution in [3.8, 4) is 0 Å². The maximum absolute atomic E-state index is 11.9. The molecule has 0 radical (unpaired) electrons. The third kappa shape index (κ3) is 5.99. The summed E-state index contributed by atoms with van der Waals surface area (Å²) in [6.45, 7) is -0.376. The molecule has 0 atom stereocenters. The molecule has 0 bridgehead atoms. The number of primary sulfonamides is 1. The first-order chi connectivity index (χ1) is 9.42. The van der Waals surface area contributed by atoms with Gasteiger partial charge >= 0.3 is 6.18 Å². The van der Waals surface area contributed by atoms with E-state index in [-0.39, 0.29) is 16.3 Å². The van der Waals surface area contributed by atoms with Crippen LogP contribution in [0.1, 0.15) is 12.8 Å². The molecule has 0 saturated carbocycles. The van der Waals surface area contributed by atoms with Gasteiger partial charge in [-0.05, 0) is 30.7 Å². The Bertz CT molecular complexity index is 682. The topological polar surface area (TPSA) is 106 Å². The van der Waals surface area contributed by atoms with E-state index in [0.717, 1.165) is 24.3 Å². The van der Waals surface area contributed by atoms with E-state index in [1.165, 1.54) is 0 Å². The molecule has 1 aromatic carbocycles. The van der Waals surface area contributed by atoms with Crippen LogP contribution in [0.4, 0.5) is 13.2 Å². The smallest absolute Gasteiger partial charge is 0.225 e. The number of hydrogen-bond donors (Lipinski definition) is 2. The van der Waals surface area contributed by atoms with Crippen LogP contribution in [0, 0.1) is 0 Å². The minimum atomic E-state index is -4.34. The fourth-order valence-electron chi connectivity index (χ4n) is 1.39. The molecule has 0 aliphatic rings. The fourth-order valence-corrected chi connectivity index (χ4v) is 2.98. The molecule has 0 aliphatic heterocycles. The van der Waals surface area contributed by atoms with E-state index in [0.29, 0.717) is 0 Å². The van der Waals surface area contributed by atoms with E-state index in [4.69, 9.17) is 5.14 Å². The Morgan fingerprint density at radius 1 is 1.00 bits per heavy atom. The van der Waals surface area contributed by atoms with Gasteiger partial charge in [-0.2, -0.15) is 13.2 Å². The van der Waals surface area contributed by atoms with Crippen LogP contribution < -0.4 is 9.86 Å². The van der Waals surface area contributed by atoms with Crippen LogP contribution in [0.25, 0.3) is 0 Å². The number of rotatable bonds is 6. The molecule has 1 aromatic rings. The largest absolute Gasteiger partial charge is 0.389 e. The van der Waals surface area contributed by atoms with Gasteiger partial charge in [0.1, 0.15) is 0 Å². The normalized spacial score (nSPS) is 13.3. The van der Waals surface area contributed by atoms with E-state index in [1.54, 1.807) is 0 Å². The molecule has 1 rings (SSSR count). The highest BCUT2D eigenvalue weighted by Gasteiger charge is 2.26. The molecule has 0 fully saturated rings. The van der Waals surface area contributed by atoms with E-state index < -0.39 is 39.1 Å². The Morgan fingerprint density at radius 2 is 1.48 bits per heavy atom. The minimum Gasteiger partial charge on any atom is -0.225 e. The van der Waals surface area contributed by atoms with Crippen molar-refractivity contribution in [1.82, 2.24) is 4.72 Å². The van der Waals surface area contributed by atoms with Crippen molar-refractivity contribution in [3.63, 3.8) is 0 Å². The Morgan fingerprint density at radius 3 is 1.90 bits per heavy atom. The van der Waals surface area contributed by atoms with Gasteiger partial charge in [-0.25, -0.2) is 26.7 Å². The second-order valence-corrected chi connectivity index (χ2v) is 7.46. The van der Waals surface area contributed by atoms with Crippen molar-refractivity contribution >= 4 is 20.0 Å². The SMILES string of the molecule is NS(=O)(=O)c1ccc(S(=O)(=O)NCCCC(F)(F)F)cc1. The summed E-state index contributed by atoms with van der Waals surface area (Å²) in [5.74, 6) is 0. The van der Waals surface area contributed by atoms with E-state index >= 15 is 0 Å². The highest BCUT2D eigenvalue weighted by Crippen LogP contribution is 2.21. The van der Waals surface area contributed by atoms with Gasteiger partial charge in [-0.15, -0.1) is 0 Å². The van der Waals surface area contributed by atoms with Gasteiger partial charge in [0.15, 0.2) is 0 Å². The zero-order valence-corrected chi connectivity index (χ0v) is 12.2. The zero-order chi connectivity index (χ0) is 16.3. The Labute approximate surface area is 120 Å². The number of benzene rings is 1. The fraction of sp³-hybridized carbons (Fsp3) is 0.400. The summed E-state index contributed by atoms with van der Waals surface area (Å²) < 4.78 is 83.2. The summed E-state index contributed by atoms with van der Waals surface area (Å²) in [4.78, 5) is -0.527. The van der Waals surface area contributed by atoms with Crippen molar-refractivity contribution in [2.75, 3.05) is 6.54 Å². The van der Waals surface area contributed by atoms with Crippen LogP contribution in [-0.4, -0.2) is 29.6 Å². The highest BCUT2D eigenvalue weighted by atomic mass is 32.2. The molecule has 0 amide bonds. The molecule has 0 aromatic heterocycles. The number of alkyl halides is 3. The predicted octanol–water partition coefficient (Wildman–Crippen LogP) is 0.955. The summed E-state index contributed by atoms with van der Waals surface area (Å²) >= 11 is 0. The molecule has 0 spiro atoms. The minimum absolute atomic E-state index is 0.262. The van der Waals surface area contributed by atoms with Crippen LogP contribution >= 0.6 is 0 Å². The van der Waals surface area contributed by atoms with Gasteiger partial charge in [0.25, 0.3) is 0 Å².